The summed E-state index contributed by atoms with van der Waals surface area (Å²) in [5, 5.41) is 26.1. The lowest BCUT2D eigenvalue weighted by atomic mass is 10.0. The van der Waals surface area contributed by atoms with Gasteiger partial charge >= 0.3 is 5.97 Å². The van der Waals surface area contributed by atoms with Gasteiger partial charge < -0.3 is 24.8 Å². The zero-order valence-electron chi connectivity index (χ0n) is 22.2. The topological polar surface area (TPSA) is 96.2 Å². The molecule has 0 saturated heterocycles. The molecule has 0 aliphatic carbocycles. The van der Waals surface area contributed by atoms with E-state index < -0.39 is 6.10 Å². The van der Waals surface area contributed by atoms with Crippen LogP contribution in [0.15, 0.2) is 30.3 Å². The lowest BCUT2D eigenvalue weighted by Gasteiger charge is -2.08. The van der Waals surface area contributed by atoms with E-state index in [9.17, 15) is 4.79 Å². The first-order valence-corrected chi connectivity index (χ1v) is 13.9. The number of rotatable bonds is 22. The average Bonchev–Trinajstić information content (AvgIpc) is 2.89. The van der Waals surface area contributed by atoms with Crippen molar-refractivity contribution in [3.8, 4) is 5.75 Å². The quantitative estimate of drug-likeness (QED) is 0.131. The zero-order valence-corrected chi connectivity index (χ0v) is 22.2. The maximum absolute atomic E-state index is 11.4. The van der Waals surface area contributed by atoms with Gasteiger partial charge in [-0.25, -0.2) is 0 Å². The maximum Gasteiger partial charge on any atom is 0.305 e. The molecular weight excluding hydrogens is 444 g/mol. The summed E-state index contributed by atoms with van der Waals surface area (Å²) in [4.78, 5) is 11.4. The summed E-state index contributed by atoms with van der Waals surface area (Å²) in [5.74, 6) is 0.527. The van der Waals surface area contributed by atoms with Crippen LogP contribution in [0, 0.1) is 0 Å². The van der Waals surface area contributed by atoms with E-state index in [4.69, 9.17) is 24.8 Å². The Kier molecular flexibility index (Phi) is 25.7. The Labute approximate surface area is 214 Å². The largest absolute Gasteiger partial charge is 0.491 e. The molecule has 1 unspecified atom stereocenters. The van der Waals surface area contributed by atoms with Gasteiger partial charge in [0.05, 0.1) is 13.2 Å². The van der Waals surface area contributed by atoms with Crippen molar-refractivity contribution in [2.24, 2.45) is 0 Å². The third-order valence-corrected chi connectivity index (χ3v) is 5.74. The van der Waals surface area contributed by atoms with E-state index in [1.54, 1.807) is 0 Å². The van der Waals surface area contributed by atoms with Crippen LogP contribution in [-0.4, -0.2) is 53.8 Å². The minimum absolute atomic E-state index is 0.0644. The summed E-state index contributed by atoms with van der Waals surface area (Å²) in [6, 6.07) is 9.43. The lowest BCUT2D eigenvalue weighted by Crippen LogP contribution is -2.21. The highest BCUT2D eigenvalue weighted by atomic mass is 16.5. The monoisotopic (exact) mass is 496 g/mol. The van der Waals surface area contributed by atoms with Gasteiger partial charge in [-0.15, -0.1) is 0 Å². The fourth-order valence-corrected chi connectivity index (χ4v) is 3.63. The van der Waals surface area contributed by atoms with Crippen LogP contribution in [0.5, 0.6) is 5.75 Å². The van der Waals surface area contributed by atoms with Gasteiger partial charge in [0.25, 0.3) is 0 Å². The predicted molar refractivity (Wildman–Crippen MR) is 143 cm³/mol. The van der Waals surface area contributed by atoms with Gasteiger partial charge in [-0.2, -0.15) is 0 Å². The van der Waals surface area contributed by atoms with Crippen molar-refractivity contribution in [3.63, 3.8) is 0 Å². The van der Waals surface area contributed by atoms with Crippen molar-refractivity contribution in [1.82, 2.24) is 0 Å². The summed E-state index contributed by atoms with van der Waals surface area (Å²) in [5.41, 5.74) is 0. The molecular formula is C29H52O6. The Morgan fingerprint density at radius 2 is 1.26 bits per heavy atom. The van der Waals surface area contributed by atoms with Crippen LogP contribution < -0.4 is 4.74 Å². The summed E-state index contributed by atoms with van der Waals surface area (Å²) in [7, 11) is 0. The highest BCUT2D eigenvalue weighted by Crippen LogP contribution is 2.14. The van der Waals surface area contributed by atoms with E-state index in [-0.39, 0.29) is 25.8 Å². The molecule has 0 aliphatic rings. The second kappa shape index (κ2) is 27.0. The molecule has 0 spiro atoms. The minimum Gasteiger partial charge on any atom is -0.491 e. The van der Waals surface area contributed by atoms with Crippen molar-refractivity contribution in [3.05, 3.63) is 30.3 Å². The third-order valence-electron chi connectivity index (χ3n) is 5.74. The number of carbonyl (C=O) groups is 1. The van der Waals surface area contributed by atoms with Gasteiger partial charge in [-0.05, 0) is 18.6 Å². The average molecular weight is 497 g/mol. The number of benzene rings is 1. The Morgan fingerprint density at radius 1 is 0.771 bits per heavy atom. The van der Waals surface area contributed by atoms with Crippen molar-refractivity contribution in [2.45, 2.75) is 116 Å². The van der Waals surface area contributed by atoms with E-state index in [1.165, 1.54) is 83.5 Å². The summed E-state index contributed by atoms with van der Waals surface area (Å²) >= 11 is 0. The smallest absolute Gasteiger partial charge is 0.305 e. The highest BCUT2D eigenvalue weighted by Gasteiger charge is 2.07. The van der Waals surface area contributed by atoms with E-state index in [2.05, 4.69) is 6.92 Å². The van der Waals surface area contributed by atoms with Gasteiger partial charge in [0, 0.05) is 6.42 Å². The Morgan fingerprint density at radius 3 is 1.71 bits per heavy atom. The number of esters is 1. The van der Waals surface area contributed by atoms with E-state index in [0.29, 0.717) is 13.0 Å². The molecule has 1 aromatic rings. The molecule has 0 saturated carbocycles. The molecule has 6 heteroatoms. The highest BCUT2D eigenvalue weighted by molar-refractivity contribution is 5.69. The van der Waals surface area contributed by atoms with E-state index >= 15 is 0 Å². The Hall–Kier alpha value is -1.63. The zero-order chi connectivity index (χ0) is 25.8. The van der Waals surface area contributed by atoms with Crippen LogP contribution in [0.2, 0.25) is 0 Å². The molecule has 1 aromatic carbocycles. The minimum atomic E-state index is -0.954. The second-order valence-corrected chi connectivity index (χ2v) is 9.10. The van der Waals surface area contributed by atoms with Crippen molar-refractivity contribution < 1.29 is 29.6 Å². The fourth-order valence-electron chi connectivity index (χ4n) is 3.63. The first kappa shape index (κ1) is 33.4. The van der Waals surface area contributed by atoms with Crippen LogP contribution in [0.1, 0.15) is 110 Å². The van der Waals surface area contributed by atoms with E-state index in [0.717, 1.165) is 18.6 Å². The van der Waals surface area contributed by atoms with Crippen molar-refractivity contribution in [2.75, 3.05) is 26.4 Å². The van der Waals surface area contributed by atoms with Crippen LogP contribution in [0.3, 0.4) is 0 Å². The van der Waals surface area contributed by atoms with Crippen LogP contribution in [-0.2, 0) is 9.53 Å². The molecule has 0 bridgehead atoms. The first-order valence-electron chi connectivity index (χ1n) is 13.9. The van der Waals surface area contributed by atoms with Crippen LogP contribution >= 0.6 is 0 Å². The van der Waals surface area contributed by atoms with Gasteiger partial charge in [0.15, 0.2) is 0 Å². The molecule has 0 heterocycles. The molecule has 0 fully saturated rings. The molecule has 35 heavy (non-hydrogen) atoms. The maximum atomic E-state index is 11.4. The summed E-state index contributed by atoms with van der Waals surface area (Å²) in [6.45, 7) is 2.22. The van der Waals surface area contributed by atoms with Crippen LogP contribution in [0.25, 0.3) is 0 Å². The number of aliphatic hydroxyl groups excluding tert-OH is 3. The number of para-hydroxylation sites is 1. The predicted octanol–water partition coefficient (Wildman–Crippen LogP) is 6.20. The molecule has 6 nitrogen and oxygen atoms in total. The fraction of sp³-hybridized carbons (Fsp3) is 0.759. The van der Waals surface area contributed by atoms with Gasteiger partial charge in [0.2, 0.25) is 0 Å². The van der Waals surface area contributed by atoms with Gasteiger partial charge in [-0.3, -0.25) is 4.79 Å². The van der Waals surface area contributed by atoms with Gasteiger partial charge in [-0.1, -0.05) is 115 Å². The number of hydrogen-bond acceptors (Lipinski definition) is 6. The van der Waals surface area contributed by atoms with Gasteiger partial charge in [0.1, 0.15) is 25.1 Å². The molecule has 3 N–H and O–H groups in total. The van der Waals surface area contributed by atoms with Crippen molar-refractivity contribution in [1.29, 1.82) is 0 Å². The molecule has 0 aromatic heterocycles. The molecule has 0 radical (unpaired) electrons. The Bertz CT molecular complexity index is 551. The lowest BCUT2D eigenvalue weighted by molar-refractivity contribution is -0.147. The van der Waals surface area contributed by atoms with Crippen LogP contribution in [0.4, 0.5) is 0 Å². The molecule has 1 rings (SSSR count). The molecule has 0 amide bonds. The summed E-state index contributed by atoms with van der Waals surface area (Å²) in [6.07, 6.45) is 19.0. The first-order chi connectivity index (χ1) is 17.1. The molecule has 1 atom stereocenters. The molecule has 204 valence electrons. The van der Waals surface area contributed by atoms with E-state index in [1.807, 2.05) is 30.3 Å². The number of unbranched alkanes of at least 4 members (excludes halogenated alkanes) is 14. The number of carbonyl (C=O) groups excluding carboxylic acids is 1. The molecule has 0 aliphatic heterocycles. The number of ether oxygens (including phenoxy) is 2. The number of hydrogen-bond donors (Lipinski definition) is 3. The normalized spacial score (nSPS) is 11.4. The SMILES string of the molecule is CCCCCCCCCCCCCCCCCC(=O)OCC(O)CO.OCCOc1ccccc1. The number of aliphatic hydroxyl groups is 3. The standard InChI is InChI=1S/C21H42O4.C8H10O2/c1-2-3-4-5-6-7-8-9-10-11-12-13-14-15-16-17-21(24)25-19-20(23)18-22;9-6-7-10-8-4-2-1-3-5-8/h20,22-23H,2-19H2,1H3;1-5,9H,6-7H2. The third kappa shape index (κ3) is 25.3. The second-order valence-electron chi connectivity index (χ2n) is 9.10. The summed E-state index contributed by atoms with van der Waals surface area (Å²) < 4.78 is 9.97. The Balaban J connectivity index is 0.000000952. The van der Waals surface area contributed by atoms with Crippen molar-refractivity contribution >= 4 is 5.97 Å².